The zero-order valence-corrected chi connectivity index (χ0v) is 14.4. The van der Waals surface area contributed by atoms with Crippen LogP contribution in [-0.2, 0) is 11.3 Å². The lowest BCUT2D eigenvalue weighted by molar-refractivity contribution is -0.117. The predicted octanol–water partition coefficient (Wildman–Crippen LogP) is 2.74. The Bertz CT molecular complexity index is 878. The summed E-state index contributed by atoms with van der Waals surface area (Å²) in [7, 11) is 0. The van der Waals surface area contributed by atoms with Crippen LogP contribution in [0, 0.1) is 5.82 Å². The third kappa shape index (κ3) is 3.69. The summed E-state index contributed by atoms with van der Waals surface area (Å²) in [6, 6.07) is 6.65. The fraction of sp³-hybridized carbons (Fsp3) is 0.353. The van der Waals surface area contributed by atoms with E-state index in [-0.39, 0.29) is 11.7 Å². The van der Waals surface area contributed by atoms with Crippen LogP contribution in [0.2, 0.25) is 0 Å². The van der Waals surface area contributed by atoms with Crippen molar-refractivity contribution in [2.24, 2.45) is 0 Å². The Morgan fingerprint density at radius 2 is 2.36 bits per heavy atom. The number of anilines is 1. The second-order valence-electron chi connectivity index (χ2n) is 6.17. The molecule has 1 atom stereocenters. The van der Waals surface area contributed by atoms with Crippen molar-refractivity contribution >= 4 is 32.6 Å². The summed E-state index contributed by atoms with van der Waals surface area (Å²) < 4.78 is 15.9. The largest absolute Gasteiger partial charge is 0.301 e. The fourth-order valence-corrected chi connectivity index (χ4v) is 4.14. The highest BCUT2D eigenvalue weighted by molar-refractivity contribution is 7.22. The van der Waals surface area contributed by atoms with E-state index in [1.165, 1.54) is 23.5 Å². The summed E-state index contributed by atoms with van der Waals surface area (Å²) in [5, 5.41) is 7.59. The maximum atomic E-state index is 13.3. The number of amides is 1. The van der Waals surface area contributed by atoms with Crippen LogP contribution in [0.25, 0.3) is 10.2 Å². The molecular weight excluding hydrogens is 341 g/mol. The predicted molar refractivity (Wildman–Crippen MR) is 95.0 cm³/mol. The van der Waals surface area contributed by atoms with Crippen LogP contribution < -0.4 is 5.32 Å². The summed E-state index contributed by atoms with van der Waals surface area (Å²) in [6.07, 6.45) is 5.85. The van der Waals surface area contributed by atoms with Crippen LogP contribution in [0.5, 0.6) is 0 Å². The molecule has 1 fully saturated rings. The molecule has 25 heavy (non-hydrogen) atoms. The van der Waals surface area contributed by atoms with E-state index in [1.807, 2.05) is 16.9 Å². The van der Waals surface area contributed by atoms with Crippen LogP contribution >= 0.6 is 11.3 Å². The number of likely N-dealkylation sites (tertiary alicyclic amines) is 1. The highest BCUT2D eigenvalue weighted by Crippen LogP contribution is 2.26. The molecule has 1 aliphatic rings. The van der Waals surface area contributed by atoms with Crippen LogP contribution in [0.3, 0.4) is 0 Å². The molecule has 0 saturated carbocycles. The molecule has 1 saturated heterocycles. The molecule has 1 unspecified atom stereocenters. The van der Waals surface area contributed by atoms with Gasteiger partial charge in [0.05, 0.1) is 23.3 Å². The van der Waals surface area contributed by atoms with Gasteiger partial charge in [0.1, 0.15) is 5.82 Å². The number of fused-ring (bicyclic) bond motifs is 1. The van der Waals surface area contributed by atoms with Crippen molar-refractivity contribution in [2.75, 3.05) is 18.4 Å². The summed E-state index contributed by atoms with van der Waals surface area (Å²) in [6.45, 7) is 2.03. The van der Waals surface area contributed by atoms with Crippen LogP contribution in [0.4, 0.5) is 9.52 Å². The molecular formula is C17H18FN5OS. The van der Waals surface area contributed by atoms with E-state index in [0.29, 0.717) is 23.2 Å². The summed E-state index contributed by atoms with van der Waals surface area (Å²) in [4.78, 5) is 18.9. The zero-order valence-electron chi connectivity index (χ0n) is 13.6. The third-order valence-corrected chi connectivity index (χ3v) is 5.33. The van der Waals surface area contributed by atoms with E-state index >= 15 is 0 Å². The second kappa shape index (κ2) is 6.89. The first-order chi connectivity index (χ1) is 12.2. The van der Waals surface area contributed by atoms with Crippen molar-refractivity contribution in [2.45, 2.75) is 25.4 Å². The van der Waals surface area contributed by atoms with E-state index in [9.17, 15) is 9.18 Å². The molecule has 0 spiro atoms. The highest BCUT2D eigenvalue weighted by Gasteiger charge is 2.26. The van der Waals surface area contributed by atoms with Gasteiger partial charge < -0.3 is 5.32 Å². The van der Waals surface area contributed by atoms with Gasteiger partial charge in [-0.2, -0.15) is 5.10 Å². The smallest absolute Gasteiger partial charge is 0.240 e. The van der Waals surface area contributed by atoms with Crippen molar-refractivity contribution < 1.29 is 9.18 Å². The molecule has 3 heterocycles. The first kappa shape index (κ1) is 16.2. The van der Waals surface area contributed by atoms with Gasteiger partial charge in [-0.15, -0.1) is 0 Å². The molecule has 8 heteroatoms. The van der Waals surface area contributed by atoms with Gasteiger partial charge in [0, 0.05) is 18.4 Å². The number of halogens is 1. The van der Waals surface area contributed by atoms with Crippen molar-refractivity contribution in [3.05, 3.63) is 42.5 Å². The van der Waals surface area contributed by atoms with E-state index in [4.69, 9.17) is 0 Å². The van der Waals surface area contributed by atoms with Gasteiger partial charge in [0.25, 0.3) is 0 Å². The Morgan fingerprint density at radius 3 is 3.20 bits per heavy atom. The number of nitrogens with one attached hydrogen (secondary N) is 1. The normalized spacial score (nSPS) is 18.0. The van der Waals surface area contributed by atoms with E-state index < -0.39 is 0 Å². The number of carbonyl (C=O) groups excluding carboxylic acids is 1. The second-order valence-corrected chi connectivity index (χ2v) is 7.20. The Hall–Kier alpha value is -2.32. The van der Waals surface area contributed by atoms with Gasteiger partial charge in [-0.05, 0) is 43.7 Å². The Labute approximate surface area is 148 Å². The highest BCUT2D eigenvalue weighted by atomic mass is 32.1. The van der Waals surface area contributed by atoms with Crippen molar-refractivity contribution in [3.8, 4) is 0 Å². The lowest BCUT2D eigenvalue weighted by atomic mass is 10.2. The summed E-state index contributed by atoms with van der Waals surface area (Å²) in [5.74, 6) is -0.389. The maximum absolute atomic E-state index is 13.3. The standard InChI is InChI=1S/C17H18FN5OS/c18-12-4-5-14-15(9-12)25-17(20-14)21-16(24)11-22-7-1-3-13(22)10-23-8-2-6-19-23/h2,4-6,8-9,13H,1,3,7,10-11H2,(H,20,21,24). The van der Waals surface area contributed by atoms with Gasteiger partial charge in [0.2, 0.25) is 5.91 Å². The molecule has 6 nitrogen and oxygen atoms in total. The summed E-state index contributed by atoms with van der Waals surface area (Å²) >= 11 is 1.29. The van der Waals surface area contributed by atoms with Crippen molar-refractivity contribution in [1.82, 2.24) is 19.7 Å². The lowest BCUT2D eigenvalue weighted by Gasteiger charge is -2.23. The fourth-order valence-electron chi connectivity index (χ4n) is 3.23. The first-order valence-corrected chi connectivity index (χ1v) is 9.06. The molecule has 3 aromatic rings. The minimum Gasteiger partial charge on any atom is -0.301 e. The maximum Gasteiger partial charge on any atom is 0.240 e. The molecule has 1 aromatic carbocycles. The molecule has 2 aromatic heterocycles. The number of aromatic nitrogens is 3. The first-order valence-electron chi connectivity index (χ1n) is 8.25. The number of nitrogens with zero attached hydrogens (tertiary/aromatic N) is 4. The van der Waals surface area contributed by atoms with Gasteiger partial charge in [-0.25, -0.2) is 9.37 Å². The van der Waals surface area contributed by atoms with Gasteiger partial charge in [-0.3, -0.25) is 14.4 Å². The van der Waals surface area contributed by atoms with Gasteiger partial charge in [-0.1, -0.05) is 11.3 Å². The number of carbonyl (C=O) groups is 1. The van der Waals surface area contributed by atoms with Crippen molar-refractivity contribution in [1.29, 1.82) is 0 Å². The van der Waals surface area contributed by atoms with Crippen LogP contribution in [-0.4, -0.2) is 44.7 Å². The number of hydrogen-bond acceptors (Lipinski definition) is 5. The lowest BCUT2D eigenvalue weighted by Crippen LogP contribution is -2.39. The van der Waals surface area contributed by atoms with Gasteiger partial charge in [0.15, 0.2) is 5.13 Å². The molecule has 0 bridgehead atoms. The molecule has 130 valence electrons. The third-order valence-electron chi connectivity index (χ3n) is 4.40. The SMILES string of the molecule is O=C(CN1CCCC1Cn1cccn1)Nc1nc2ccc(F)cc2s1. The zero-order chi connectivity index (χ0) is 17.2. The van der Waals surface area contributed by atoms with E-state index in [2.05, 4.69) is 20.3 Å². The summed E-state index contributed by atoms with van der Waals surface area (Å²) in [5.41, 5.74) is 0.694. The molecule has 0 aliphatic carbocycles. The molecule has 0 radical (unpaired) electrons. The number of hydrogen-bond donors (Lipinski definition) is 1. The Kier molecular flexibility index (Phi) is 4.46. The van der Waals surface area contributed by atoms with Crippen LogP contribution in [0.1, 0.15) is 12.8 Å². The number of rotatable bonds is 5. The quantitative estimate of drug-likeness (QED) is 0.761. The Morgan fingerprint density at radius 1 is 1.44 bits per heavy atom. The molecule has 1 aliphatic heterocycles. The average Bonchev–Trinajstić information content (AvgIpc) is 3.29. The van der Waals surface area contributed by atoms with E-state index in [0.717, 1.165) is 30.6 Å². The average molecular weight is 359 g/mol. The minimum absolute atomic E-state index is 0.0908. The van der Waals surface area contributed by atoms with Crippen molar-refractivity contribution in [3.63, 3.8) is 0 Å². The monoisotopic (exact) mass is 359 g/mol. The molecule has 1 N–H and O–H groups in total. The minimum atomic E-state index is -0.299. The van der Waals surface area contributed by atoms with E-state index in [1.54, 1.807) is 12.3 Å². The molecule has 1 amide bonds. The topological polar surface area (TPSA) is 63.1 Å². The molecule has 4 rings (SSSR count). The van der Waals surface area contributed by atoms with Crippen LogP contribution in [0.15, 0.2) is 36.7 Å². The number of benzene rings is 1. The Balaban J connectivity index is 1.38. The number of thiazole rings is 1. The van der Waals surface area contributed by atoms with Gasteiger partial charge >= 0.3 is 0 Å².